The van der Waals surface area contributed by atoms with Gasteiger partial charge in [0.05, 0.1) is 11.4 Å². The van der Waals surface area contributed by atoms with Gasteiger partial charge in [-0.15, -0.1) is 11.8 Å². The van der Waals surface area contributed by atoms with E-state index in [1.165, 1.54) is 16.7 Å². The average molecular weight is 472 g/mol. The molecular formula is C27H25N3O3S. The number of para-hydroxylation sites is 1. The minimum Gasteiger partial charge on any atom is -0.325 e. The van der Waals surface area contributed by atoms with Gasteiger partial charge >= 0.3 is 0 Å². The number of benzene rings is 3. The van der Waals surface area contributed by atoms with E-state index in [1.807, 2.05) is 87.5 Å². The molecule has 0 aromatic heterocycles. The third-order valence-corrected chi connectivity index (χ3v) is 7.55. The van der Waals surface area contributed by atoms with Crippen LogP contribution in [0.1, 0.15) is 22.3 Å². The second-order valence-electron chi connectivity index (χ2n) is 8.83. The van der Waals surface area contributed by atoms with Gasteiger partial charge < -0.3 is 5.32 Å². The monoisotopic (exact) mass is 471 g/mol. The fourth-order valence-corrected chi connectivity index (χ4v) is 6.13. The highest BCUT2D eigenvalue weighted by molar-refractivity contribution is 8.02. The average Bonchev–Trinajstić information content (AvgIpc) is 3.26. The highest BCUT2D eigenvalue weighted by Crippen LogP contribution is 2.55. The summed E-state index contributed by atoms with van der Waals surface area (Å²) in [5.41, 5.74) is 5.89. The van der Waals surface area contributed by atoms with Crippen molar-refractivity contribution < 1.29 is 14.4 Å². The standard InChI is InChI=1S/C27H25N3O3S/c1-17-8-10-20(11-9-17)28-24(31)15-29-23-7-5-4-6-22(23)27(26(29)33)30(25(32)16-34-27)21-13-18(2)12-19(3)14-21/h4-14H,15-16H2,1-3H3,(H,28,31). The van der Waals surface area contributed by atoms with Gasteiger partial charge in [-0.1, -0.05) is 42.0 Å². The third kappa shape index (κ3) is 3.56. The molecule has 0 saturated carbocycles. The Morgan fingerprint density at radius 3 is 2.32 bits per heavy atom. The summed E-state index contributed by atoms with van der Waals surface area (Å²) in [6, 6.07) is 20.8. The van der Waals surface area contributed by atoms with Crippen LogP contribution in [0.3, 0.4) is 0 Å². The molecule has 3 aromatic carbocycles. The zero-order valence-corrected chi connectivity index (χ0v) is 20.1. The van der Waals surface area contributed by atoms with Crippen molar-refractivity contribution in [3.63, 3.8) is 0 Å². The Kier molecular flexibility index (Phi) is 5.44. The summed E-state index contributed by atoms with van der Waals surface area (Å²) >= 11 is 1.32. The van der Waals surface area contributed by atoms with Crippen molar-refractivity contribution in [1.82, 2.24) is 0 Å². The van der Waals surface area contributed by atoms with Crippen LogP contribution in [0.5, 0.6) is 0 Å². The van der Waals surface area contributed by atoms with Crippen LogP contribution in [0.4, 0.5) is 17.1 Å². The van der Waals surface area contributed by atoms with E-state index < -0.39 is 4.87 Å². The van der Waals surface area contributed by atoms with E-state index in [9.17, 15) is 14.4 Å². The number of thioether (sulfide) groups is 1. The second-order valence-corrected chi connectivity index (χ2v) is 10.00. The molecule has 3 aromatic rings. The lowest BCUT2D eigenvalue weighted by Crippen LogP contribution is -2.51. The first kappa shape index (κ1) is 22.2. The normalized spacial score (nSPS) is 19.1. The van der Waals surface area contributed by atoms with Gasteiger partial charge in [0.25, 0.3) is 5.91 Å². The van der Waals surface area contributed by atoms with Gasteiger partial charge in [0, 0.05) is 16.9 Å². The fraction of sp³-hybridized carbons (Fsp3) is 0.222. The number of hydrogen-bond acceptors (Lipinski definition) is 4. The number of carbonyl (C=O) groups excluding carboxylic acids is 3. The predicted octanol–water partition coefficient (Wildman–Crippen LogP) is 4.53. The van der Waals surface area contributed by atoms with Crippen molar-refractivity contribution in [3.8, 4) is 0 Å². The van der Waals surface area contributed by atoms with Gasteiger partial charge in [0.1, 0.15) is 6.54 Å². The molecule has 5 rings (SSSR count). The fourth-order valence-electron chi connectivity index (χ4n) is 4.77. The lowest BCUT2D eigenvalue weighted by molar-refractivity contribution is -0.124. The Bertz CT molecular complexity index is 1300. The molecule has 2 heterocycles. The molecule has 0 radical (unpaired) electrons. The third-order valence-electron chi connectivity index (χ3n) is 6.17. The molecule has 0 bridgehead atoms. The Labute approximate surface area is 202 Å². The van der Waals surface area contributed by atoms with Crippen LogP contribution in [0.25, 0.3) is 0 Å². The number of hydrogen-bond donors (Lipinski definition) is 1. The van der Waals surface area contributed by atoms with Gasteiger partial charge in [-0.25, -0.2) is 0 Å². The zero-order valence-electron chi connectivity index (χ0n) is 19.3. The summed E-state index contributed by atoms with van der Waals surface area (Å²) in [6.07, 6.45) is 0. The van der Waals surface area contributed by atoms with Crippen LogP contribution in [0, 0.1) is 20.8 Å². The van der Waals surface area contributed by atoms with E-state index in [-0.39, 0.29) is 30.0 Å². The summed E-state index contributed by atoms with van der Waals surface area (Å²) in [5.74, 6) is -0.501. The maximum Gasteiger partial charge on any atom is 0.269 e. The van der Waals surface area contributed by atoms with Gasteiger partial charge in [-0.2, -0.15) is 0 Å². The molecule has 1 N–H and O–H groups in total. The molecule has 3 amide bonds. The van der Waals surface area contributed by atoms with E-state index in [0.29, 0.717) is 17.1 Å². The van der Waals surface area contributed by atoms with Crippen LogP contribution >= 0.6 is 11.8 Å². The summed E-state index contributed by atoms with van der Waals surface area (Å²) in [7, 11) is 0. The molecule has 1 unspecified atom stereocenters. The Morgan fingerprint density at radius 1 is 0.941 bits per heavy atom. The number of nitrogens with one attached hydrogen (secondary N) is 1. The van der Waals surface area contributed by atoms with Crippen LogP contribution in [0.2, 0.25) is 0 Å². The van der Waals surface area contributed by atoms with Crippen molar-refractivity contribution in [2.75, 3.05) is 27.4 Å². The minimum atomic E-state index is -1.22. The topological polar surface area (TPSA) is 69.7 Å². The highest BCUT2D eigenvalue weighted by atomic mass is 32.2. The first-order chi connectivity index (χ1) is 16.3. The molecule has 2 aliphatic heterocycles. The second kappa shape index (κ2) is 8.33. The van der Waals surface area contributed by atoms with Gasteiger partial charge in [-0.3, -0.25) is 24.2 Å². The largest absolute Gasteiger partial charge is 0.325 e. The van der Waals surface area contributed by atoms with Crippen LogP contribution < -0.4 is 15.1 Å². The molecule has 34 heavy (non-hydrogen) atoms. The molecule has 2 aliphatic rings. The van der Waals surface area contributed by atoms with Crippen LogP contribution in [-0.4, -0.2) is 30.0 Å². The van der Waals surface area contributed by atoms with Crippen molar-refractivity contribution in [1.29, 1.82) is 0 Å². The van der Waals surface area contributed by atoms with Crippen molar-refractivity contribution in [3.05, 3.63) is 89.0 Å². The van der Waals surface area contributed by atoms with Crippen molar-refractivity contribution >= 4 is 46.5 Å². The zero-order chi connectivity index (χ0) is 24.0. The Balaban J connectivity index is 1.53. The minimum absolute atomic E-state index is 0.121. The molecule has 6 nitrogen and oxygen atoms in total. The van der Waals surface area contributed by atoms with E-state index >= 15 is 0 Å². The number of fused-ring (bicyclic) bond motifs is 2. The van der Waals surface area contributed by atoms with E-state index in [2.05, 4.69) is 5.32 Å². The first-order valence-electron chi connectivity index (χ1n) is 11.1. The lowest BCUT2D eigenvalue weighted by Gasteiger charge is -2.33. The summed E-state index contributed by atoms with van der Waals surface area (Å²) in [6.45, 7) is 5.79. The molecule has 1 saturated heterocycles. The number of aryl methyl sites for hydroxylation is 3. The SMILES string of the molecule is Cc1ccc(NC(=O)CN2C(=O)C3(SCC(=O)N3c3cc(C)cc(C)c3)c3ccccc32)cc1. The molecule has 1 spiro atoms. The predicted molar refractivity (Wildman–Crippen MR) is 136 cm³/mol. The Hall–Kier alpha value is -3.58. The number of nitrogens with zero attached hydrogens (tertiary/aromatic N) is 2. The number of carbonyl (C=O) groups is 3. The molecular weight excluding hydrogens is 446 g/mol. The molecule has 7 heteroatoms. The summed E-state index contributed by atoms with van der Waals surface area (Å²) in [4.78, 5) is 42.0. The van der Waals surface area contributed by atoms with Gasteiger partial charge in [0.2, 0.25) is 16.7 Å². The van der Waals surface area contributed by atoms with Gasteiger partial charge in [0.15, 0.2) is 0 Å². The molecule has 1 fully saturated rings. The molecule has 0 aliphatic carbocycles. The van der Waals surface area contributed by atoms with Crippen molar-refractivity contribution in [2.45, 2.75) is 25.6 Å². The first-order valence-corrected chi connectivity index (χ1v) is 12.1. The number of anilines is 3. The quantitative estimate of drug-likeness (QED) is 0.607. The smallest absolute Gasteiger partial charge is 0.269 e. The maximum absolute atomic E-state index is 14.0. The summed E-state index contributed by atoms with van der Waals surface area (Å²) < 4.78 is 0. The maximum atomic E-state index is 14.0. The van der Waals surface area contributed by atoms with E-state index in [1.54, 1.807) is 4.90 Å². The van der Waals surface area contributed by atoms with Crippen molar-refractivity contribution in [2.24, 2.45) is 0 Å². The van der Waals surface area contributed by atoms with Gasteiger partial charge in [-0.05, 0) is 62.2 Å². The van der Waals surface area contributed by atoms with E-state index in [0.717, 1.165) is 22.3 Å². The highest BCUT2D eigenvalue weighted by Gasteiger charge is 2.61. The number of amides is 3. The summed E-state index contributed by atoms with van der Waals surface area (Å²) in [5, 5.41) is 2.87. The van der Waals surface area contributed by atoms with E-state index in [4.69, 9.17) is 0 Å². The van der Waals surface area contributed by atoms with Crippen LogP contribution in [0.15, 0.2) is 66.7 Å². The Morgan fingerprint density at radius 2 is 1.62 bits per heavy atom. The molecule has 172 valence electrons. The number of rotatable bonds is 4. The van der Waals surface area contributed by atoms with Crippen LogP contribution in [-0.2, 0) is 19.3 Å². The lowest BCUT2D eigenvalue weighted by atomic mass is 10.0. The molecule has 1 atom stereocenters.